The van der Waals surface area contributed by atoms with Crippen molar-refractivity contribution in [2.75, 3.05) is 0 Å². The van der Waals surface area contributed by atoms with Crippen molar-refractivity contribution in [3.8, 4) is 5.69 Å². The number of rotatable bonds is 8. The monoisotopic (exact) mass is 307 g/mol. The Balaban J connectivity index is 1.64. The maximum atomic E-state index is 4.35. The highest BCUT2D eigenvalue weighted by atomic mass is 15.4. The lowest BCUT2D eigenvalue weighted by Crippen LogP contribution is -1.95. The molecule has 2 aromatic carbocycles. The van der Waals surface area contributed by atoms with E-state index in [9.17, 15) is 0 Å². The topological polar surface area (TPSA) is 30.7 Å². The van der Waals surface area contributed by atoms with Crippen LogP contribution in [0.3, 0.4) is 0 Å². The number of nitrogens with zero attached hydrogens (tertiary/aromatic N) is 3. The second-order valence-corrected chi connectivity index (χ2v) is 6.17. The molecule has 0 amide bonds. The Hall–Kier alpha value is -2.16. The van der Waals surface area contributed by atoms with Crippen LogP contribution >= 0.6 is 0 Å². The van der Waals surface area contributed by atoms with Gasteiger partial charge < -0.3 is 0 Å². The smallest absolute Gasteiger partial charge is 0.0831 e. The van der Waals surface area contributed by atoms with Crippen molar-refractivity contribution in [2.45, 2.75) is 51.9 Å². The fraction of sp³-hybridized carbons (Fsp3) is 0.400. The zero-order chi connectivity index (χ0) is 15.9. The van der Waals surface area contributed by atoms with E-state index in [2.05, 4.69) is 65.9 Å². The summed E-state index contributed by atoms with van der Waals surface area (Å²) in [5.41, 5.74) is 2.19. The summed E-state index contributed by atoms with van der Waals surface area (Å²) in [5.74, 6) is 0. The maximum absolute atomic E-state index is 4.35. The highest BCUT2D eigenvalue weighted by molar-refractivity contribution is 5.89. The summed E-state index contributed by atoms with van der Waals surface area (Å²) in [5, 5.41) is 11.1. The molecule has 0 aliphatic heterocycles. The Kier molecular flexibility index (Phi) is 5.41. The van der Waals surface area contributed by atoms with Crippen LogP contribution in [0.25, 0.3) is 16.5 Å². The summed E-state index contributed by atoms with van der Waals surface area (Å²) >= 11 is 0. The quantitative estimate of drug-likeness (QED) is 0.527. The summed E-state index contributed by atoms with van der Waals surface area (Å²) < 4.78 is 1.91. The van der Waals surface area contributed by atoms with Crippen molar-refractivity contribution >= 4 is 10.8 Å². The maximum Gasteiger partial charge on any atom is 0.0831 e. The van der Waals surface area contributed by atoms with Crippen molar-refractivity contribution in [1.29, 1.82) is 0 Å². The van der Waals surface area contributed by atoms with Gasteiger partial charge in [-0.3, -0.25) is 0 Å². The second kappa shape index (κ2) is 7.91. The molecule has 0 bridgehead atoms. The summed E-state index contributed by atoms with van der Waals surface area (Å²) in [4.78, 5) is 0. The molecule has 0 aliphatic rings. The van der Waals surface area contributed by atoms with E-state index in [-0.39, 0.29) is 0 Å². The number of fused-ring (bicyclic) bond motifs is 1. The average molecular weight is 307 g/mol. The molecule has 0 unspecified atom stereocenters. The van der Waals surface area contributed by atoms with E-state index in [0.29, 0.717) is 0 Å². The van der Waals surface area contributed by atoms with Crippen LogP contribution in [0.15, 0.2) is 48.7 Å². The van der Waals surface area contributed by atoms with Crippen molar-refractivity contribution in [2.24, 2.45) is 0 Å². The van der Waals surface area contributed by atoms with E-state index in [1.807, 2.05) is 4.68 Å². The van der Waals surface area contributed by atoms with Gasteiger partial charge in [-0.15, -0.1) is 5.10 Å². The average Bonchev–Trinajstić information content (AvgIpc) is 3.06. The van der Waals surface area contributed by atoms with Crippen LogP contribution in [0.1, 0.15) is 51.1 Å². The van der Waals surface area contributed by atoms with Crippen LogP contribution in [0, 0.1) is 0 Å². The number of benzene rings is 2. The molecule has 0 fully saturated rings. The molecular weight excluding hydrogens is 282 g/mol. The Morgan fingerprint density at radius 2 is 1.65 bits per heavy atom. The van der Waals surface area contributed by atoms with Gasteiger partial charge in [-0.25, -0.2) is 4.68 Å². The van der Waals surface area contributed by atoms with Gasteiger partial charge in [0.15, 0.2) is 0 Å². The van der Waals surface area contributed by atoms with Crippen molar-refractivity contribution in [1.82, 2.24) is 15.0 Å². The van der Waals surface area contributed by atoms with E-state index in [0.717, 1.165) is 17.8 Å². The predicted molar refractivity (Wildman–Crippen MR) is 95.9 cm³/mol. The first-order valence-corrected chi connectivity index (χ1v) is 8.78. The molecule has 0 N–H and O–H groups in total. The van der Waals surface area contributed by atoms with Gasteiger partial charge in [0.2, 0.25) is 0 Å². The highest BCUT2D eigenvalue weighted by Crippen LogP contribution is 2.21. The Morgan fingerprint density at radius 3 is 2.57 bits per heavy atom. The summed E-state index contributed by atoms with van der Waals surface area (Å²) in [6.07, 6.45) is 11.0. The van der Waals surface area contributed by atoms with Gasteiger partial charge in [-0.2, -0.15) is 0 Å². The van der Waals surface area contributed by atoms with E-state index >= 15 is 0 Å². The first-order chi connectivity index (χ1) is 11.4. The highest BCUT2D eigenvalue weighted by Gasteiger charge is 2.06. The molecule has 3 nitrogen and oxygen atoms in total. The number of hydrogen-bond acceptors (Lipinski definition) is 2. The largest absolute Gasteiger partial charge is 0.220 e. The standard InChI is InChI=1S/C20H25N3/c1-2-3-4-5-6-7-13-18-16-23(22-21-18)20-15-10-12-17-11-8-9-14-19(17)20/h8-12,14-16H,2-7,13H2,1H3. The Labute approximate surface area is 138 Å². The van der Waals surface area contributed by atoms with Crippen molar-refractivity contribution < 1.29 is 0 Å². The predicted octanol–water partition coefficient (Wildman–Crippen LogP) is 5.32. The molecule has 3 heteroatoms. The zero-order valence-corrected chi connectivity index (χ0v) is 13.9. The summed E-state index contributed by atoms with van der Waals surface area (Å²) in [6, 6.07) is 14.7. The van der Waals surface area contributed by atoms with Crippen LogP contribution < -0.4 is 0 Å². The van der Waals surface area contributed by atoms with Gasteiger partial charge in [0.25, 0.3) is 0 Å². The minimum atomic E-state index is 1.02. The minimum absolute atomic E-state index is 1.02. The van der Waals surface area contributed by atoms with Gasteiger partial charge in [0, 0.05) is 5.39 Å². The molecule has 1 heterocycles. The fourth-order valence-electron chi connectivity index (χ4n) is 3.03. The van der Waals surface area contributed by atoms with E-state index in [4.69, 9.17) is 0 Å². The fourth-order valence-corrected chi connectivity index (χ4v) is 3.03. The molecule has 0 saturated carbocycles. The van der Waals surface area contributed by atoms with Gasteiger partial charge in [-0.05, 0) is 24.3 Å². The molecule has 1 aromatic heterocycles. The van der Waals surface area contributed by atoms with Crippen molar-refractivity contribution in [3.05, 3.63) is 54.4 Å². The molecule has 120 valence electrons. The van der Waals surface area contributed by atoms with Gasteiger partial charge in [-0.1, -0.05) is 80.6 Å². The SMILES string of the molecule is CCCCCCCCc1cn(-c2cccc3ccccc23)nn1. The van der Waals surface area contributed by atoms with Crippen molar-refractivity contribution in [3.63, 3.8) is 0 Å². The van der Waals surface area contributed by atoms with Crippen LogP contribution in [0.5, 0.6) is 0 Å². The molecule has 0 radical (unpaired) electrons. The first-order valence-electron chi connectivity index (χ1n) is 8.78. The Bertz CT molecular complexity index is 740. The first kappa shape index (κ1) is 15.7. The normalized spacial score (nSPS) is 11.2. The molecule has 23 heavy (non-hydrogen) atoms. The number of aryl methyl sites for hydroxylation is 1. The number of aromatic nitrogens is 3. The molecule has 0 spiro atoms. The van der Waals surface area contributed by atoms with Crippen LogP contribution in [-0.4, -0.2) is 15.0 Å². The molecule has 3 rings (SSSR count). The lowest BCUT2D eigenvalue weighted by molar-refractivity contribution is 0.604. The van der Waals surface area contributed by atoms with E-state index < -0.39 is 0 Å². The van der Waals surface area contributed by atoms with E-state index in [1.165, 1.54) is 49.3 Å². The van der Waals surface area contributed by atoms with Crippen LogP contribution in [-0.2, 0) is 6.42 Å². The van der Waals surface area contributed by atoms with Crippen LogP contribution in [0.2, 0.25) is 0 Å². The Morgan fingerprint density at radius 1 is 0.870 bits per heavy atom. The molecule has 0 saturated heterocycles. The van der Waals surface area contributed by atoms with Crippen LogP contribution in [0.4, 0.5) is 0 Å². The summed E-state index contributed by atoms with van der Waals surface area (Å²) in [7, 11) is 0. The lowest BCUT2D eigenvalue weighted by Gasteiger charge is -2.05. The second-order valence-electron chi connectivity index (χ2n) is 6.17. The minimum Gasteiger partial charge on any atom is -0.220 e. The third-order valence-electron chi connectivity index (χ3n) is 4.34. The van der Waals surface area contributed by atoms with Gasteiger partial charge in [0.05, 0.1) is 17.6 Å². The van der Waals surface area contributed by atoms with Gasteiger partial charge >= 0.3 is 0 Å². The zero-order valence-electron chi connectivity index (χ0n) is 13.9. The molecule has 0 aliphatic carbocycles. The summed E-state index contributed by atoms with van der Waals surface area (Å²) in [6.45, 7) is 2.26. The number of hydrogen-bond donors (Lipinski definition) is 0. The molecular formula is C20H25N3. The third kappa shape index (κ3) is 3.98. The third-order valence-corrected chi connectivity index (χ3v) is 4.34. The van der Waals surface area contributed by atoms with E-state index in [1.54, 1.807) is 0 Å². The van der Waals surface area contributed by atoms with Gasteiger partial charge in [0.1, 0.15) is 0 Å². The lowest BCUT2D eigenvalue weighted by atomic mass is 10.1. The molecule has 3 aromatic rings. The number of unbranched alkanes of at least 4 members (excludes halogenated alkanes) is 5. The molecule has 0 atom stereocenters.